The third-order valence-electron chi connectivity index (χ3n) is 9.47. The predicted octanol–water partition coefficient (Wildman–Crippen LogP) is 11.1. The Balaban J connectivity index is 0.000000204. The Hall–Kier alpha value is -5.68. The summed E-state index contributed by atoms with van der Waals surface area (Å²) < 4.78 is 28.2. The highest BCUT2D eigenvalue weighted by Crippen LogP contribution is 2.31. The zero-order valence-electron chi connectivity index (χ0n) is 32.0. The maximum atomic E-state index is 5.96. The van der Waals surface area contributed by atoms with Crippen LogP contribution in [-0.2, 0) is 38.9 Å². The van der Waals surface area contributed by atoms with E-state index in [1.165, 1.54) is 38.9 Å². The van der Waals surface area contributed by atoms with E-state index in [9.17, 15) is 0 Å². The Labute approximate surface area is 316 Å². The van der Waals surface area contributed by atoms with Gasteiger partial charge in [0.05, 0.1) is 21.3 Å². The van der Waals surface area contributed by atoms with Crippen LogP contribution in [0.2, 0.25) is 0 Å². The molecule has 0 spiro atoms. The smallest absolute Gasteiger partial charge is 0.161 e. The van der Waals surface area contributed by atoms with Crippen molar-refractivity contribution in [3.05, 3.63) is 184 Å². The van der Waals surface area contributed by atoms with Gasteiger partial charge in [-0.3, -0.25) is 0 Å². The van der Waals surface area contributed by atoms with Crippen molar-refractivity contribution in [2.24, 2.45) is 0 Å². The summed E-state index contributed by atoms with van der Waals surface area (Å²) in [6.07, 6.45) is 3.93. The van der Waals surface area contributed by atoms with Crippen molar-refractivity contribution < 1.29 is 23.7 Å². The molecule has 5 heteroatoms. The fourth-order valence-electron chi connectivity index (χ4n) is 6.00. The number of benzene rings is 6. The molecule has 53 heavy (non-hydrogen) atoms. The third kappa shape index (κ3) is 11.7. The highest BCUT2D eigenvalue weighted by molar-refractivity contribution is 5.45. The van der Waals surface area contributed by atoms with Crippen LogP contribution in [-0.4, -0.2) is 21.3 Å². The molecule has 0 aliphatic rings. The fourth-order valence-corrected chi connectivity index (χ4v) is 6.00. The number of methoxy groups -OCH3 is 3. The second-order valence-electron chi connectivity index (χ2n) is 13.2. The monoisotopic (exact) mass is 708 g/mol. The molecule has 274 valence electrons. The maximum absolute atomic E-state index is 5.96. The van der Waals surface area contributed by atoms with Gasteiger partial charge in [-0.05, 0) is 127 Å². The molecule has 0 aliphatic carbocycles. The van der Waals surface area contributed by atoms with Crippen LogP contribution in [0.25, 0.3) is 0 Å². The summed E-state index contributed by atoms with van der Waals surface area (Å²) in [5.41, 5.74) is 11.5. The summed E-state index contributed by atoms with van der Waals surface area (Å²) in [5.74, 6) is 4.00. The molecule has 0 amide bonds. The molecule has 0 radical (unpaired) electrons. The molecule has 0 N–H and O–H groups in total. The molecular weight excluding hydrogens is 657 g/mol. The average Bonchev–Trinajstić information content (AvgIpc) is 3.20. The molecule has 0 saturated carbocycles. The van der Waals surface area contributed by atoms with Gasteiger partial charge in [0.25, 0.3) is 0 Å². The van der Waals surface area contributed by atoms with Gasteiger partial charge in [-0.1, -0.05) is 103 Å². The first-order valence-corrected chi connectivity index (χ1v) is 18.2. The van der Waals surface area contributed by atoms with Crippen LogP contribution in [0.5, 0.6) is 28.7 Å². The van der Waals surface area contributed by atoms with Gasteiger partial charge in [-0.2, -0.15) is 0 Å². The second-order valence-corrected chi connectivity index (χ2v) is 13.2. The molecule has 6 aromatic rings. The Bertz CT molecular complexity index is 2000. The first kappa shape index (κ1) is 38.5. The largest absolute Gasteiger partial charge is 0.497 e. The zero-order chi connectivity index (χ0) is 37.4. The van der Waals surface area contributed by atoms with Crippen LogP contribution < -0.4 is 23.7 Å². The van der Waals surface area contributed by atoms with E-state index in [-0.39, 0.29) is 0 Å². The van der Waals surface area contributed by atoms with Gasteiger partial charge in [0.15, 0.2) is 23.0 Å². The Morgan fingerprint density at radius 3 is 1.47 bits per heavy atom. The maximum Gasteiger partial charge on any atom is 0.161 e. The van der Waals surface area contributed by atoms with Crippen LogP contribution in [0, 0.1) is 20.8 Å². The molecule has 5 nitrogen and oxygen atoms in total. The fraction of sp³-hybridized carbons (Fsp3) is 0.250. The van der Waals surface area contributed by atoms with E-state index in [2.05, 4.69) is 112 Å². The molecule has 0 aliphatic heterocycles. The molecule has 0 atom stereocenters. The lowest BCUT2D eigenvalue weighted by molar-refractivity contribution is 0.284. The molecule has 0 unspecified atom stereocenters. The zero-order valence-corrected chi connectivity index (χ0v) is 32.0. The lowest BCUT2D eigenvalue weighted by Gasteiger charge is -2.13. The average molecular weight is 709 g/mol. The van der Waals surface area contributed by atoms with E-state index in [0.29, 0.717) is 13.2 Å². The molecular formula is C48H52O5. The van der Waals surface area contributed by atoms with Gasteiger partial charge in [0.2, 0.25) is 0 Å². The van der Waals surface area contributed by atoms with Gasteiger partial charge < -0.3 is 23.7 Å². The minimum absolute atomic E-state index is 0.530. The highest BCUT2D eigenvalue weighted by atomic mass is 16.5. The van der Waals surface area contributed by atoms with Crippen molar-refractivity contribution in [1.29, 1.82) is 0 Å². The van der Waals surface area contributed by atoms with Gasteiger partial charge in [-0.15, -0.1) is 0 Å². The minimum Gasteiger partial charge on any atom is -0.497 e. The van der Waals surface area contributed by atoms with E-state index >= 15 is 0 Å². The van der Waals surface area contributed by atoms with Gasteiger partial charge in [-0.25, -0.2) is 0 Å². The van der Waals surface area contributed by atoms with Crippen LogP contribution in [0.15, 0.2) is 133 Å². The van der Waals surface area contributed by atoms with E-state index in [0.717, 1.165) is 65.6 Å². The normalized spacial score (nSPS) is 10.5. The number of ether oxygens (including phenoxy) is 5. The highest BCUT2D eigenvalue weighted by Gasteiger charge is 2.09. The number of aryl methyl sites for hydroxylation is 6. The molecule has 6 aromatic carbocycles. The summed E-state index contributed by atoms with van der Waals surface area (Å²) in [5, 5.41) is 0. The number of hydrogen-bond donors (Lipinski definition) is 0. The first-order valence-electron chi connectivity index (χ1n) is 18.2. The Morgan fingerprint density at radius 1 is 0.396 bits per heavy atom. The molecule has 6 rings (SSSR count). The van der Waals surface area contributed by atoms with Crippen LogP contribution in [0.1, 0.15) is 50.1 Å². The molecule has 0 fully saturated rings. The van der Waals surface area contributed by atoms with Crippen molar-refractivity contribution in [2.45, 2.75) is 59.7 Å². The standard InChI is InChI=1S/C24H26O3.C24H26O2/c1-18-4-6-21(7-5-18)17-27-23-15-12-20(16-24(23)26-3)9-8-19-10-13-22(25-2)14-11-19;1-18-8-7-11-22(19(18)2)14-12-20-13-15-23(24(16-20)25-3)26-17-21-9-5-4-6-10-21/h4-7,10-16H,8-9,17H2,1-3H3;4-11,13,15-16H,12,14,17H2,1-3H3. The van der Waals surface area contributed by atoms with Crippen LogP contribution in [0.4, 0.5) is 0 Å². The summed E-state index contributed by atoms with van der Waals surface area (Å²) in [6, 6.07) is 45.7. The van der Waals surface area contributed by atoms with Gasteiger partial charge >= 0.3 is 0 Å². The minimum atomic E-state index is 0.530. The lowest BCUT2D eigenvalue weighted by Crippen LogP contribution is -2.00. The van der Waals surface area contributed by atoms with Crippen molar-refractivity contribution in [3.8, 4) is 28.7 Å². The van der Waals surface area contributed by atoms with E-state index in [4.69, 9.17) is 23.7 Å². The molecule has 0 aromatic heterocycles. The van der Waals surface area contributed by atoms with E-state index in [1.807, 2.05) is 42.5 Å². The van der Waals surface area contributed by atoms with Crippen molar-refractivity contribution >= 4 is 0 Å². The number of rotatable bonds is 15. The Morgan fingerprint density at radius 2 is 0.906 bits per heavy atom. The molecule has 0 saturated heterocycles. The van der Waals surface area contributed by atoms with Crippen LogP contribution >= 0.6 is 0 Å². The quantitative estimate of drug-likeness (QED) is 0.106. The number of hydrogen-bond acceptors (Lipinski definition) is 5. The topological polar surface area (TPSA) is 46.2 Å². The predicted molar refractivity (Wildman–Crippen MR) is 216 cm³/mol. The summed E-state index contributed by atoms with van der Waals surface area (Å²) in [4.78, 5) is 0. The molecule has 0 bridgehead atoms. The SMILES string of the molecule is COc1cc(CCc2cccc(C)c2C)ccc1OCc1ccccc1.COc1ccc(CCc2ccc(OCc3ccc(C)cc3)c(OC)c2)cc1. The van der Waals surface area contributed by atoms with E-state index < -0.39 is 0 Å². The van der Waals surface area contributed by atoms with Crippen LogP contribution in [0.3, 0.4) is 0 Å². The van der Waals surface area contributed by atoms with Crippen molar-refractivity contribution in [2.75, 3.05) is 21.3 Å². The van der Waals surface area contributed by atoms with Crippen molar-refractivity contribution in [1.82, 2.24) is 0 Å². The first-order chi connectivity index (χ1) is 25.8. The lowest BCUT2D eigenvalue weighted by atomic mass is 9.97. The summed E-state index contributed by atoms with van der Waals surface area (Å²) in [7, 11) is 5.06. The summed E-state index contributed by atoms with van der Waals surface area (Å²) >= 11 is 0. The Kier molecular flexibility index (Phi) is 14.4. The van der Waals surface area contributed by atoms with Gasteiger partial charge in [0, 0.05) is 0 Å². The summed E-state index contributed by atoms with van der Waals surface area (Å²) in [6.45, 7) is 7.52. The molecule has 0 heterocycles. The van der Waals surface area contributed by atoms with E-state index in [1.54, 1.807) is 21.3 Å². The van der Waals surface area contributed by atoms with Crippen molar-refractivity contribution in [3.63, 3.8) is 0 Å². The van der Waals surface area contributed by atoms with Gasteiger partial charge in [0.1, 0.15) is 19.0 Å². The third-order valence-corrected chi connectivity index (χ3v) is 9.47. The second kappa shape index (κ2) is 19.8.